The third kappa shape index (κ3) is 2.94. The Morgan fingerprint density at radius 2 is 1.87 bits per heavy atom. The number of rotatable bonds is 2. The van der Waals surface area contributed by atoms with Crippen LogP contribution in [0.4, 0.5) is 0 Å². The fourth-order valence-corrected chi connectivity index (χ4v) is 3.23. The van der Waals surface area contributed by atoms with Crippen LogP contribution in [0.1, 0.15) is 45.4 Å². The minimum atomic E-state index is 0.398. The molecule has 0 radical (unpaired) electrons. The Kier molecular flexibility index (Phi) is 4.04. The van der Waals surface area contributed by atoms with Gasteiger partial charge in [-0.1, -0.05) is 19.8 Å². The van der Waals surface area contributed by atoms with Gasteiger partial charge in [0, 0.05) is 12.6 Å². The molecule has 2 nitrogen and oxygen atoms in total. The normalized spacial score (nSPS) is 35.6. The van der Waals surface area contributed by atoms with Gasteiger partial charge < -0.3 is 10.0 Å². The first kappa shape index (κ1) is 11.4. The standard InChI is InChI=1S/C13H25NO/c1-11-3-2-4-13(9-11)14-7-5-12(10-15)6-8-14/h11-13,15H,2-10H2,1H3. The molecule has 0 bridgehead atoms. The molecule has 1 aliphatic heterocycles. The van der Waals surface area contributed by atoms with Crippen molar-refractivity contribution < 1.29 is 5.11 Å². The molecular weight excluding hydrogens is 186 g/mol. The Morgan fingerprint density at radius 3 is 2.47 bits per heavy atom. The molecule has 0 amide bonds. The van der Waals surface area contributed by atoms with Gasteiger partial charge in [0.1, 0.15) is 0 Å². The summed E-state index contributed by atoms with van der Waals surface area (Å²) in [4.78, 5) is 2.68. The van der Waals surface area contributed by atoms with Crippen LogP contribution >= 0.6 is 0 Å². The first-order valence-corrected chi connectivity index (χ1v) is 6.64. The van der Waals surface area contributed by atoms with E-state index in [1.165, 1.54) is 51.6 Å². The molecule has 0 aromatic heterocycles. The third-order valence-corrected chi connectivity index (χ3v) is 4.33. The lowest BCUT2D eigenvalue weighted by Crippen LogP contribution is -2.43. The summed E-state index contributed by atoms with van der Waals surface area (Å²) in [6, 6.07) is 0.855. The van der Waals surface area contributed by atoms with Crippen molar-refractivity contribution in [3.05, 3.63) is 0 Å². The summed E-state index contributed by atoms with van der Waals surface area (Å²) in [5, 5.41) is 9.11. The first-order valence-electron chi connectivity index (χ1n) is 6.64. The molecule has 1 heterocycles. The largest absolute Gasteiger partial charge is 0.396 e. The molecule has 2 atom stereocenters. The lowest BCUT2D eigenvalue weighted by molar-refractivity contribution is 0.0740. The Hall–Kier alpha value is -0.0800. The van der Waals surface area contributed by atoms with Crippen LogP contribution in [0.5, 0.6) is 0 Å². The fourth-order valence-electron chi connectivity index (χ4n) is 3.23. The minimum Gasteiger partial charge on any atom is -0.396 e. The fraction of sp³-hybridized carbons (Fsp3) is 1.00. The van der Waals surface area contributed by atoms with Crippen molar-refractivity contribution in [2.24, 2.45) is 11.8 Å². The van der Waals surface area contributed by atoms with Crippen LogP contribution in [-0.2, 0) is 0 Å². The predicted octanol–water partition coefficient (Wildman–Crippen LogP) is 2.27. The van der Waals surface area contributed by atoms with E-state index in [0.29, 0.717) is 12.5 Å². The second-order valence-corrected chi connectivity index (χ2v) is 5.59. The lowest BCUT2D eigenvalue weighted by atomic mass is 9.85. The maximum Gasteiger partial charge on any atom is 0.0460 e. The SMILES string of the molecule is CC1CCCC(N2CCC(CO)CC2)C1. The van der Waals surface area contributed by atoms with Crippen LogP contribution in [-0.4, -0.2) is 35.7 Å². The van der Waals surface area contributed by atoms with E-state index in [2.05, 4.69) is 11.8 Å². The van der Waals surface area contributed by atoms with Gasteiger partial charge >= 0.3 is 0 Å². The van der Waals surface area contributed by atoms with E-state index in [1.807, 2.05) is 0 Å². The zero-order chi connectivity index (χ0) is 10.7. The highest BCUT2D eigenvalue weighted by molar-refractivity contribution is 4.82. The number of piperidine rings is 1. The van der Waals surface area contributed by atoms with Crippen LogP contribution < -0.4 is 0 Å². The van der Waals surface area contributed by atoms with E-state index < -0.39 is 0 Å². The van der Waals surface area contributed by atoms with E-state index >= 15 is 0 Å². The molecule has 0 aromatic rings. The van der Waals surface area contributed by atoms with Crippen molar-refractivity contribution in [1.82, 2.24) is 4.90 Å². The predicted molar refractivity (Wildman–Crippen MR) is 62.8 cm³/mol. The molecular formula is C13H25NO. The highest BCUT2D eigenvalue weighted by atomic mass is 16.3. The van der Waals surface area contributed by atoms with Gasteiger partial charge in [-0.15, -0.1) is 0 Å². The maximum atomic E-state index is 9.11. The summed E-state index contributed by atoms with van der Waals surface area (Å²) in [5.74, 6) is 1.52. The van der Waals surface area contributed by atoms with Crippen LogP contribution in [0.2, 0.25) is 0 Å². The van der Waals surface area contributed by atoms with E-state index in [1.54, 1.807) is 0 Å². The molecule has 2 aliphatic rings. The van der Waals surface area contributed by atoms with Gasteiger partial charge in [0.15, 0.2) is 0 Å². The maximum absolute atomic E-state index is 9.11. The van der Waals surface area contributed by atoms with Gasteiger partial charge in [0.2, 0.25) is 0 Å². The zero-order valence-electron chi connectivity index (χ0n) is 9.99. The smallest absolute Gasteiger partial charge is 0.0460 e. The Bertz CT molecular complexity index is 187. The van der Waals surface area contributed by atoms with Gasteiger partial charge in [-0.2, -0.15) is 0 Å². The lowest BCUT2D eigenvalue weighted by Gasteiger charge is -2.40. The van der Waals surface area contributed by atoms with Crippen LogP contribution in [0, 0.1) is 11.8 Å². The van der Waals surface area contributed by atoms with E-state index in [0.717, 1.165) is 12.0 Å². The summed E-state index contributed by atoms with van der Waals surface area (Å²) in [6.45, 7) is 5.24. The molecule has 0 spiro atoms. The first-order chi connectivity index (χ1) is 7.29. The molecule has 1 aliphatic carbocycles. The molecule has 1 saturated heterocycles. The average molecular weight is 211 g/mol. The Morgan fingerprint density at radius 1 is 1.13 bits per heavy atom. The van der Waals surface area contributed by atoms with Crippen molar-refractivity contribution in [3.63, 3.8) is 0 Å². The molecule has 0 aromatic carbocycles. The van der Waals surface area contributed by atoms with E-state index in [-0.39, 0.29) is 0 Å². The van der Waals surface area contributed by atoms with Gasteiger partial charge in [-0.05, 0) is 50.6 Å². The monoisotopic (exact) mass is 211 g/mol. The second-order valence-electron chi connectivity index (χ2n) is 5.59. The van der Waals surface area contributed by atoms with Gasteiger partial charge in [-0.25, -0.2) is 0 Å². The average Bonchev–Trinajstić information content (AvgIpc) is 2.29. The second kappa shape index (κ2) is 5.31. The molecule has 2 rings (SSSR count). The summed E-state index contributed by atoms with van der Waals surface area (Å²) < 4.78 is 0. The number of hydrogen-bond donors (Lipinski definition) is 1. The van der Waals surface area contributed by atoms with E-state index in [4.69, 9.17) is 5.11 Å². The van der Waals surface area contributed by atoms with E-state index in [9.17, 15) is 0 Å². The molecule has 2 fully saturated rings. The Balaban J connectivity index is 1.79. The zero-order valence-corrected chi connectivity index (χ0v) is 9.99. The van der Waals surface area contributed by atoms with Crippen molar-refractivity contribution in [1.29, 1.82) is 0 Å². The van der Waals surface area contributed by atoms with Crippen molar-refractivity contribution >= 4 is 0 Å². The molecule has 1 saturated carbocycles. The van der Waals surface area contributed by atoms with Crippen molar-refractivity contribution in [2.75, 3.05) is 19.7 Å². The summed E-state index contributed by atoms with van der Waals surface area (Å²) in [6.07, 6.45) is 8.09. The summed E-state index contributed by atoms with van der Waals surface area (Å²) in [5.41, 5.74) is 0. The molecule has 15 heavy (non-hydrogen) atoms. The highest BCUT2D eigenvalue weighted by Gasteiger charge is 2.27. The molecule has 1 N–H and O–H groups in total. The number of aliphatic hydroxyl groups is 1. The molecule has 2 heteroatoms. The summed E-state index contributed by atoms with van der Waals surface area (Å²) >= 11 is 0. The van der Waals surface area contributed by atoms with Crippen LogP contribution in [0.15, 0.2) is 0 Å². The van der Waals surface area contributed by atoms with Crippen molar-refractivity contribution in [2.45, 2.75) is 51.5 Å². The number of likely N-dealkylation sites (tertiary alicyclic amines) is 1. The topological polar surface area (TPSA) is 23.5 Å². The number of aliphatic hydroxyl groups excluding tert-OH is 1. The Labute approximate surface area is 93.7 Å². The minimum absolute atomic E-state index is 0.398. The van der Waals surface area contributed by atoms with Crippen LogP contribution in [0.3, 0.4) is 0 Å². The number of hydrogen-bond acceptors (Lipinski definition) is 2. The van der Waals surface area contributed by atoms with Crippen LogP contribution in [0.25, 0.3) is 0 Å². The quantitative estimate of drug-likeness (QED) is 0.757. The van der Waals surface area contributed by atoms with Gasteiger partial charge in [-0.3, -0.25) is 0 Å². The molecule has 2 unspecified atom stereocenters. The van der Waals surface area contributed by atoms with Gasteiger partial charge in [0.05, 0.1) is 0 Å². The summed E-state index contributed by atoms with van der Waals surface area (Å²) in [7, 11) is 0. The third-order valence-electron chi connectivity index (χ3n) is 4.33. The molecule has 88 valence electrons. The number of nitrogens with zero attached hydrogens (tertiary/aromatic N) is 1. The highest BCUT2D eigenvalue weighted by Crippen LogP contribution is 2.29. The van der Waals surface area contributed by atoms with Gasteiger partial charge in [0.25, 0.3) is 0 Å². The van der Waals surface area contributed by atoms with Crippen molar-refractivity contribution in [3.8, 4) is 0 Å².